The third-order valence-electron chi connectivity index (χ3n) is 11.2. The van der Waals surface area contributed by atoms with Crippen molar-refractivity contribution in [3.63, 3.8) is 0 Å². The Morgan fingerprint density at radius 1 is 0.620 bits per heavy atom. The maximum atomic E-state index is 4.07. The lowest BCUT2D eigenvalue weighted by Crippen LogP contribution is -2.41. The number of aromatic nitrogens is 2. The van der Waals surface area contributed by atoms with E-state index in [0.717, 1.165) is 25.7 Å². The van der Waals surface area contributed by atoms with Crippen LogP contribution in [0.15, 0.2) is 151 Å². The van der Waals surface area contributed by atoms with Crippen LogP contribution in [0.4, 0.5) is 0 Å². The van der Waals surface area contributed by atoms with E-state index >= 15 is 0 Å². The van der Waals surface area contributed by atoms with Gasteiger partial charge in [0.25, 0.3) is 0 Å². The molecule has 0 radical (unpaired) electrons. The molecule has 3 heterocycles. The van der Waals surface area contributed by atoms with Crippen LogP contribution >= 0.6 is 0 Å². The molecule has 7 aromatic rings. The first-order chi connectivity index (χ1) is 24.8. The van der Waals surface area contributed by atoms with E-state index in [1.807, 2.05) is 0 Å². The van der Waals surface area contributed by atoms with Crippen LogP contribution in [0.25, 0.3) is 51.3 Å². The average molecular weight is 646 g/mol. The van der Waals surface area contributed by atoms with Crippen LogP contribution in [0.2, 0.25) is 0 Å². The molecule has 1 aliphatic heterocycles. The van der Waals surface area contributed by atoms with Crippen molar-refractivity contribution in [2.75, 3.05) is 0 Å². The summed E-state index contributed by atoms with van der Waals surface area (Å²) in [6.07, 6.45) is 14.3. The van der Waals surface area contributed by atoms with Gasteiger partial charge in [-0.15, -0.1) is 0 Å². The standard InChI is InChI=1S/C47H39N3/c1-4-14-32(15-5-1)36-30-42(33-16-6-2-7-17-33)48-47(31-36)50-44-23-13-11-21-39(44)41-29-35(25-27-46(41)50)34-24-26-45-40(28-34)38-20-10-12-22-43(38)49(45)37-18-8-3-9-19-37/h1-23,27-30,35,42,47-48H,24-26,31H2. The molecule has 0 spiro atoms. The molecule has 5 aromatic carbocycles. The summed E-state index contributed by atoms with van der Waals surface area (Å²) in [5, 5.41) is 9.49. The lowest BCUT2D eigenvalue weighted by Gasteiger charge is -2.33. The van der Waals surface area contributed by atoms with Crippen molar-refractivity contribution in [1.82, 2.24) is 14.5 Å². The van der Waals surface area contributed by atoms with Crippen molar-refractivity contribution >= 4 is 45.6 Å². The van der Waals surface area contributed by atoms with Gasteiger partial charge in [-0.25, -0.2) is 0 Å². The summed E-state index contributed by atoms with van der Waals surface area (Å²) in [6, 6.07) is 50.7. The Kier molecular flexibility index (Phi) is 7.06. The van der Waals surface area contributed by atoms with Gasteiger partial charge in [-0.1, -0.05) is 145 Å². The molecule has 3 atom stereocenters. The summed E-state index contributed by atoms with van der Waals surface area (Å²) >= 11 is 0. The number of nitrogens with zero attached hydrogens (tertiary/aromatic N) is 2. The van der Waals surface area contributed by atoms with Gasteiger partial charge in [0.2, 0.25) is 0 Å². The number of nitrogens with one attached hydrogen (secondary N) is 1. The predicted octanol–water partition coefficient (Wildman–Crippen LogP) is 9.51. The zero-order valence-electron chi connectivity index (χ0n) is 28.0. The molecule has 0 saturated carbocycles. The van der Waals surface area contributed by atoms with Gasteiger partial charge in [0, 0.05) is 50.6 Å². The van der Waals surface area contributed by atoms with E-state index in [1.54, 1.807) is 5.57 Å². The van der Waals surface area contributed by atoms with E-state index in [4.69, 9.17) is 0 Å². The summed E-state index contributed by atoms with van der Waals surface area (Å²) in [4.78, 5) is 0. The number of allylic oxidation sites excluding steroid dienone is 1. The Hall–Kier alpha value is -5.64. The van der Waals surface area contributed by atoms with Crippen LogP contribution in [-0.2, 0) is 6.42 Å². The first-order valence-electron chi connectivity index (χ1n) is 18.1. The van der Waals surface area contributed by atoms with Crippen molar-refractivity contribution in [2.24, 2.45) is 5.92 Å². The zero-order valence-corrected chi connectivity index (χ0v) is 28.0. The fourth-order valence-electron chi connectivity index (χ4n) is 8.88. The molecule has 2 aliphatic carbocycles. The van der Waals surface area contributed by atoms with E-state index in [2.05, 4.69) is 178 Å². The smallest absolute Gasteiger partial charge is 0.0893 e. The maximum Gasteiger partial charge on any atom is 0.0893 e. The van der Waals surface area contributed by atoms with Crippen LogP contribution in [0.5, 0.6) is 0 Å². The van der Waals surface area contributed by atoms with Crippen LogP contribution in [0.1, 0.15) is 53.9 Å². The highest BCUT2D eigenvalue weighted by Crippen LogP contribution is 2.40. The molecule has 10 rings (SSSR count). The topological polar surface area (TPSA) is 21.9 Å². The highest BCUT2D eigenvalue weighted by Gasteiger charge is 2.29. The molecule has 1 N–H and O–H groups in total. The summed E-state index contributed by atoms with van der Waals surface area (Å²) in [5.41, 5.74) is 12.2. The van der Waals surface area contributed by atoms with Gasteiger partial charge < -0.3 is 9.13 Å². The molecule has 0 bridgehead atoms. The van der Waals surface area contributed by atoms with Crippen LogP contribution in [0, 0.1) is 5.92 Å². The highest BCUT2D eigenvalue weighted by atomic mass is 15.2. The molecule has 0 amide bonds. The fourth-order valence-corrected chi connectivity index (χ4v) is 8.88. The normalized spacial score (nSPS) is 20.0. The van der Waals surface area contributed by atoms with Crippen molar-refractivity contribution < 1.29 is 0 Å². The molecular formula is C47H39N3. The van der Waals surface area contributed by atoms with E-state index in [1.165, 1.54) is 66.0 Å². The minimum absolute atomic E-state index is 0.121. The van der Waals surface area contributed by atoms with Gasteiger partial charge in [-0.3, -0.25) is 5.32 Å². The monoisotopic (exact) mass is 645 g/mol. The van der Waals surface area contributed by atoms with Crippen LogP contribution in [0.3, 0.4) is 0 Å². The molecule has 0 saturated heterocycles. The Morgan fingerprint density at radius 3 is 2.10 bits per heavy atom. The van der Waals surface area contributed by atoms with Gasteiger partial charge in [-0.2, -0.15) is 0 Å². The molecule has 3 nitrogen and oxygen atoms in total. The number of hydrogen-bond donors (Lipinski definition) is 1. The third kappa shape index (κ3) is 4.84. The molecule has 3 unspecified atom stereocenters. The second kappa shape index (κ2) is 12.0. The van der Waals surface area contributed by atoms with Crippen LogP contribution in [-0.4, -0.2) is 9.13 Å². The quantitative estimate of drug-likeness (QED) is 0.198. The van der Waals surface area contributed by atoms with Crippen molar-refractivity contribution in [2.45, 2.75) is 37.9 Å². The first kappa shape index (κ1) is 29.3. The number of para-hydroxylation sites is 3. The molecule has 242 valence electrons. The summed E-state index contributed by atoms with van der Waals surface area (Å²) in [5.74, 6) is 0.380. The van der Waals surface area contributed by atoms with Gasteiger partial charge in [0.05, 0.1) is 23.2 Å². The molecule has 2 aromatic heterocycles. The lowest BCUT2D eigenvalue weighted by molar-refractivity contribution is 0.375. The number of rotatable bonds is 5. The summed E-state index contributed by atoms with van der Waals surface area (Å²) in [6.45, 7) is 0. The van der Waals surface area contributed by atoms with Crippen molar-refractivity contribution in [3.8, 4) is 5.69 Å². The highest BCUT2D eigenvalue weighted by molar-refractivity contribution is 5.94. The minimum Gasteiger partial charge on any atom is -0.324 e. The van der Waals surface area contributed by atoms with Gasteiger partial charge in [0.1, 0.15) is 0 Å². The predicted molar refractivity (Wildman–Crippen MR) is 208 cm³/mol. The molecule has 50 heavy (non-hydrogen) atoms. The average Bonchev–Trinajstić information content (AvgIpc) is 3.71. The first-order valence-corrected chi connectivity index (χ1v) is 18.1. The summed E-state index contributed by atoms with van der Waals surface area (Å²) in [7, 11) is 0. The summed E-state index contributed by atoms with van der Waals surface area (Å²) < 4.78 is 5.09. The van der Waals surface area contributed by atoms with Gasteiger partial charge in [0.15, 0.2) is 0 Å². The van der Waals surface area contributed by atoms with E-state index in [-0.39, 0.29) is 12.2 Å². The van der Waals surface area contributed by atoms with E-state index < -0.39 is 0 Å². The zero-order chi connectivity index (χ0) is 33.0. The Morgan fingerprint density at radius 2 is 1.30 bits per heavy atom. The Balaban J connectivity index is 1.08. The number of benzene rings is 5. The molecule has 3 aliphatic rings. The Bertz CT molecular complexity index is 2570. The largest absolute Gasteiger partial charge is 0.324 e. The number of fused-ring (bicyclic) bond motifs is 6. The van der Waals surface area contributed by atoms with E-state index in [0.29, 0.717) is 5.92 Å². The molecular weight excluding hydrogens is 607 g/mol. The third-order valence-corrected chi connectivity index (χ3v) is 11.2. The lowest BCUT2D eigenvalue weighted by atomic mass is 9.84. The van der Waals surface area contributed by atoms with Crippen molar-refractivity contribution in [1.29, 1.82) is 0 Å². The minimum atomic E-state index is 0.121. The molecule has 3 heteroatoms. The van der Waals surface area contributed by atoms with Gasteiger partial charge in [-0.05, 0) is 60.2 Å². The van der Waals surface area contributed by atoms with Crippen molar-refractivity contribution in [3.05, 3.63) is 184 Å². The second-order valence-electron chi connectivity index (χ2n) is 14.0. The second-order valence-corrected chi connectivity index (χ2v) is 14.0. The van der Waals surface area contributed by atoms with Crippen LogP contribution < -0.4 is 15.9 Å². The fraction of sp³-hybridized carbons (Fsp3) is 0.149. The number of hydrogen-bond acceptors (Lipinski definition) is 1. The Labute approximate surface area is 292 Å². The SMILES string of the molecule is C1=C(c2ccccc2)CC(n2c3c(c4ccccc42)=CC(C2=Cc4c(n(-c5ccccc5)c5ccccc45)CC2)CC=3)NC1c1ccccc1. The maximum absolute atomic E-state index is 4.07. The van der Waals surface area contributed by atoms with E-state index in [9.17, 15) is 0 Å². The molecule has 0 fully saturated rings. The van der Waals surface area contributed by atoms with Gasteiger partial charge >= 0.3 is 0 Å².